The van der Waals surface area contributed by atoms with Crippen molar-refractivity contribution in [3.63, 3.8) is 0 Å². The molecule has 4 nitrogen and oxygen atoms in total. The number of nitrogens with one attached hydrogen (secondary N) is 2. The molecule has 0 bridgehead atoms. The molecule has 2 aromatic rings. The summed E-state index contributed by atoms with van der Waals surface area (Å²) >= 11 is 0. The van der Waals surface area contributed by atoms with E-state index in [1.165, 1.54) is 10.5 Å². The Labute approximate surface area is 150 Å². The van der Waals surface area contributed by atoms with Gasteiger partial charge in [0.2, 0.25) is 0 Å². The fraction of sp³-hybridized carbons (Fsp3) is 0.381. The number of anilines is 1. The molecule has 0 fully saturated rings. The molecule has 1 atom stereocenters. The van der Waals surface area contributed by atoms with Crippen LogP contribution < -0.4 is 15.0 Å². The minimum atomic E-state index is 0.0505. The van der Waals surface area contributed by atoms with Crippen LogP contribution in [0.2, 0.25) is 0 Å². The predicted molar refractivity (Wildman–Crippen MR) is 102 cm³/mol. The van der Waals surface area contributed by atoms with Gasteiger partial charge in [-0.2, -0.15) is 0 Å². The third-order valence-electron chi connectivity index (χ3n) is 4.21. The average molecular weight is 341 g/mol. The van der Waals surface area contributed by atoms with E-state index in [0.29, 0.717) is 13.2 Å². The van der Waals surface area contributed by atoms with Crippen LogP contribution in [0.25, 0.3) is 0 Å². The van der Waals surface area contributed by atoms with E-state index >= 15 is 0 Å². The molecular formula is C21H29N2O2+. The van der Waals surface area contributed by atoms with Crippen LogP contribution >= 0.6 is 0 Å². The van der Waals surface area contributed by atoms with E-state index in [2.05, 4.69) is 18.3 Å². The Morgan fingerprint density at radius 3 is 2.44 bits per heavy atom. The third-order valence-corrected chi connectivity index (χ3v) is 4.21. The topological polar surface area (TPSA) is 42.8 Å². The summed E-state index contributed by atoms with van der Waals surface area (Å²) in [6, 6.07) is 14.1. The zero-order valence-corrected chi connectivity index (χ0v) is 15.7. The van der Waals surface area contributed by atoms with Gasteiger partial charge in [-0.05, 0) is 49.6 Å². The van der Waals surface area contributed by atoms with Gasteiger partial charge in [-0.3, -0.25) is 4.79 Å². The number of benzene rings is 2. The number of hydrogen-bond acceptors (Lipinski definition) is 2. The van der Waals surface area contributed by atoms with E-state index in [1.807, 2.05) is 57.3 Å². The highest BCUT2D eigenvalue weighted by molar-refractivity contribution is 5.93. The van der Waals surface area contributed by atoms with Gasteiger partial charge < -0.3 is 15.0 Å². The molecule has 4 heteroatoms. The van der Waals surface area contributed by atoms with Crippen LogP contribution in [0.4, 0.5) is 5.69 Å². The van der Waals surface area contributed by atoms with Crippen molar-refractivity contribution in [2.24, 2.45) is 0 Å². The van der Waals surface area contributed by atoms with Crippen LogP contribution in [0, 0.1) is 20.8 Å². The minimum Gasteiger partial charge on any atom is -0.493 e. The van der Waals surface area contributed by atoms with Gasteiger partial charge in [0.1, 0.15) is 5.75 Å². The Kier molecular flexibility index (Phi) is 7.02. The lowest BCUT2D eigenvalue weighted by Gasteiger charge is -2.16. The second-order valence-corrected chi connectivity index (χ2v) is 6.72. The van der Waals surface area contributed by atoms with Crippen LogP contribution in [-0.2, 0) is 4.79 Å². The molecule has 1 amide bonds. The molecule has 0 spiro atoms. The molecule has 25 heavy (non-hydrogen) atoms. The number of quaternary nitrogens is 1. The maximum atomic E-state index is 12.3. The first kappa shape index (κ1) is 19.0. The van der Waals surface area contributed by atoms with Gasteiger partial charge >= 0.3 is 0 Å². The SMILES string of the molecule is Cc1cccc(OCCC[NH+](C)CC(=O)Nc2c(C)cccc2C)c1. The molecule has 2 rings (SSSR count). The van der Waals surface area contributed by atoms with Crippen molar-refractivity contribution in [1.82, 2.24) is 0 Å². The van der Waals surface area contributed by atoms with Crippen molar-refractivity contribution >= 4 is 11.6 Å². The summed E-state index contributed by atoms with van der Waals surface area (Å²) < 4.78 is 5.76. The van der Waals surface area contributed by atoms with Crippen molar-refractivity contribution in [2.45, 2.75) is 27.2 Å². The summed E-state index contributed by atoms with van der Waals surface area (Å²) in [5, 5.41) is 3.04. The molecule has 0 aliphatic carbocycles. The molecule has 134 valence electrons. The Balaban J connectivity index is 1.71. The maximum Gasteiger partial charge on any atom is 0.279 e. The third kappa shape index (κ3) is 6.24. The number of hydrogen-bond donors (Lipinski definition) is 2. The van der Waals surface area contributed by atoms with Crippen LogP contribution in [-0.4, -0.2) is 32.7 Å². The largest absolute Gasteiger partial charge is 0.493 e. The van der Waals surface area contributed by atoms with E-state index < -0.39 is 0 Å². The molecule has 0 heterocycles. The first-order valence-electron chi connectivity index (χ1n) is 8.82. The van der Waals surface area contributed by atoms with E-state index in [-0.39, 0.29) is 5.91 Å². The number of amides is 1. The predicted octanol–water partition coefficient (Wildman–Crippen LogP) is 2.53. The zero-order valence-electron chi connectivity index (χ0n) is 15.7. The highest BCUT2D eigenvalue weighted by atomic mass is 16.5. The fourth-order valence-corrected chi connectivity index (χ4v) is 2.83. The van der Waals surface area contributed by atoms with Crippen molar-refractivity contribution in [2.75, 3.05) is 32.1 Å². The monoisotopic (exact) mass is 341 g/mol. The summed E-state index contributed by atoms with van der Waals surface area (Å²) in [5.41, 5.74) is 4.32. The second-order valence-electron chi connectivity index (χ2n) is 6.72. The lowest BCUT2D eigenvalue weighted by atomic mass is 10.1. The summed E-state index contributed by atoms with van der Waals surface area (Å²) in [6.07, 6.45) is 0.913. The molecule has 0 radical (unpaired) electrons. The normalized spacial score (nSPS) is 11.8. The van der Waals surface area contributed by atoms with Gasteiger partial charge in [-0.25, -0.2) is 0 Å². The second kappa shape index (κ2) is 9.23. The van der Waals surface area contributed by atoms with Crippen molar-refractivity contribution in [3.05, 3.63) is 59.2 Å². The van der Waals surface area contributed by atoms with E-state index in [1.54, 1.807) is 0 Å². The first-order valence-corrected chi connectivity index (χ1v) is 8.82. The highest BCUT2D eigenvalue weighted by Gasteiger charge is 2.12. The summed E-state index contributed by atoms with van der Waals surface area (Å²) in [7, 11) is 2.04. The number of carbonyl (C=O) groups excluding carboxylic acids is 1. The van der Waals surface area contributed by atoms with E-state index in [4.69, 9.17) is 4.74 Å². The van der Waals surface area contributed by atoms with Gasteiger partial charge in [0.15, 0.2) is 6.54 Å². The summed E-state index contributed by atoms with van der Waals surface area (Å²) in [5.74, 6) is 0.958. The van der Waals surface area contributed by atoms with Gasteiger partial charge in [-0.1, -0.05) is 30.3 Å². The molecule has 2 aromatic carbocycles. The maximum absolute atomic E-state index is 12.3. The van der Waals surface area contributed by atoms with Crippen LogP contribution in [0.5, 0.6) is 5.75 Å². The smallest absolute Gasteiger partial charge is 0.279 e. The molecule has 0 aliphatic heterocycles. The first-order chi connectivity index (χ1) is 12.0. The quantitative estimate of drug-likeness (QED) is 0.725. The minimum absolute atomic E-state index is 0.0505. The molecule has 2 N–H and O–H groups in total. The Hall–Kier alpha value is -2.33. The van der Waals surface area contributed by atoms with Crippen molar-refractivity contribution < 1.29 is 14.4 Å². The Bertz CT molecular complexity index is 693. The average Bonchev–Trinajstić information content (AvgIpc) is 2.55. The van der Waals surface area contributed by atoms with Gasteiger partial charge in [-0.15, -0.1) is 0 Å². The number of ether oxygens (including phenoxy) is 1. The van der Waals surface area contributed by atoms with E-state index in [0.717, 1.165) is 35.5 Å². The van der Waals surface area contributed by atoms with Gasteiger partial charge in [0.05, 0.1) is 20.2 Å². The standard InChI is InChI=1S/C21H28N2O2/c1-16-8-5-11-19(14-16)25-13-7-12-23(4)15-20(24)22-21-17(2)9-6-10-18(21)3/h5-6,8-11,14H,7,12-13,15H2,1-4H3,(H,22,24)/p+1. The Morgan fingerprint density at radius 1 is 1.08 bits per heavy atom. The fourth-order valence-electron chi connectivity index (χ4n) is 2.83. The van der Waals surface area contributed by atoms with Crippen LogP contribution in [0.1, 0.15) is 23.1 Å². The number of rotatable bonds is 8. The number of aryl methyl sites for hydroxylation is 3. The molecular weight excluding hydrogens is 312 g/mol. The molecule has 0 aromatic heterocycles. The highest BCUT2D eigenvalue weighted by Crippen LogP contribution is 2.18. The molecule has 0 saturated heterocycles. The lowest BCUT2D eigenvalue weighted by molar-refractivity contribution is -0.871. The van der Waals surface area contributed by atoms with Crippen LogP contribution in [0.3, 0.4) is 0 Å². The Morgan fingerprint density at radius 2 is 1.76 bits per heavy atom. The van der Waals surface area contributed by atoms with E-state index in [9.17, 15) is 4.79 Å². The van der Waals surface area contributed by atoms with Crippen molar-refractivity contribution in [1.29, 1.82) is 0 Å². The molecule has 0 saturated carbocycles. The zero-order chi connectivity index (χ0) is 18.2. The lowest BCUT2D eigenvalue weighted by Crippen LogP contribution is -3.10. The number of para-hydroxylation sites is 1. The van der Waals surface area contributed by atoms with Crippen LogP contribution in [0.15, 0.2) is 42.5 Å². The number of carbonyl (C=O) groups is 1. The number of likely N-dealkylation sites (N-methyl/N-ethyl adjacent to an activating group) is 1. The molecule has 1 unspecified atom stereocenters. The van der Waals surface area contributed by atoms with Crippen molar-refractivity contribution in [3.8, 4) is 5.75 Å². The molecule has 0 aliphatic rings. The van der Waals surface area contributed by atoms with Gasteiger partial charge in [0, 0.05) is 12.1 Å². The summed E-state index contributed by atoms with van der Waals surface area (Å²) in [4.78, 5) is 13.4. The van der Waals surface area contributed by atoms with Gasteiger partial charge in [0.25, 0.3) is 5.91 Å². The summed E-state index contributed by atoms with van der Waals surface area (Å²) in [6.45, 7) is 8.10.